The summed E-state index contributed by atoms with van der Waals surface area (Å²) in [5.41, 5.74) is -1.11. The molecule has 25 heavy (non-hydrogen) atoms. The van der Waals surface area contributed by atoms with Crippen LogP contribution in [0.1, 0.15) is 15.9 Å². The second kappa shape index (κ2) is 8.06. The van der Waals surface area contributed by atoms with Crippen LogP contribution in [-0.4, -0.2) is 51.5 Å². The molecule has 1 unspecified atom stereocenters. The van der Waals surface area contributed by atoms with Crippen molar-refractivity contribution < 1.29 is 14.7 Å². The van der Waals surface area contributed by atoms with Gasteiger partial charge in [-0.05, 0) is 5.56 Å². The van der Waals surface area contributed by atoms with Gasteiger partial charge in [-0.1, -0.05) is 30.3 Å². The largest absolute Gasteiger partial charge is 0.394 e. The van der Waals surface area contributed by atoms with Crippen molar-refractivity contribution in [2.75, 3.05) is 13.7 Å². The highest BCUT2D eigenvalue weighted by atomic mass is 16.3. The van der Waals surface area contributed by atoms with E-state index in [0.29, 0.717) is 6.54 Å². The smallest absolute Gasteiger partial charge is 0.325 e. The van der Waals surface area contributed by atoms with Crippen molar-refractivity contribution in [1.82, 2.24) is 20.2 Å². The highest BCUT2D eigenvalue weighted by Gasteiger charge is 2.25. The Labute approximate surface area is 142 Å². The van der Waals surface area contributed by atoms with E-state index in [9.17, 15) is 24.3 Å². The maximum Gasteiger partial charge on any atom is 0.325 e. The van der Waals surface area contributed by atoms with Gasteiger partial charge in [0.25, 0.3) is 11.5 Å². The molecule has 0 fully saturated rings. The van der Waals surface area contributed by atoms with Crippen LogP contribution in [0.15, 0.2) is 46.1 Å². The van der Waals surface area contributed by atoms with Crippen molar-refractivity contribution in [3.8, 4) is 0 Å². The van der Waals surface area contributed by atoms with Crippen LogP contribution in [0.5, 0.6) is 0 Å². The lowest BCUT2D eigenvalue weighted by Crippen LogP contribution is -2.50. The van der Waals surface area contributed by atoms with E-state index in [1.54, 1.807) is 0 Å². The Morgan fingerprint density at radius 2 is 1.92 bits per heavy atom. The minimum Gasteiger partial charge on any atom is -0.394 e. The molecule has 0 aliphatic carbocycles. The van der Waals surface area contributed by atoms with Gasteiger partial charge in [-0.3, -0.25) is 19.4 Å². The van der Waals surface area contributed by atoms with Crippen LogP contribution >= 0.6 is 0 Å². The average Bonchev–Trinajstić information content (AvgIpc) is 2.59. The zero-order chi connectivity index (χ0) is 18.4. The number of aliphatic hydroxyl groups is 1. The molecule has 4 N–H and O–H groups in total. The summed E-state index contributed by atoms with van der Waals surface area (Å²) in [6, 6.07) is 7.99. The van der Waals surface area contributed by atoms with Gasteiger partial charge in [0.1, 0.15) is 11.6 Å². The molecule has 0 aliphatic heterocycles. The third kappa shape index (κ3) is 4.64. The number of aromatic amines is 2. The third-order valence-electron chi connectivity index (χ3n) is 3.49. The van der Waals surface area contributed by atoms with Gasteiger partial charge in [0.15, 0.2) is 0 Å². The van der Waals surface area contributed by atoms with Gasteiger partial charge in [-0.2, -0.15) is 0 Å². The van der Waals surface area contributed by atoms with Crippen LogP contribution in [0.25, 0.3) is 0 Å². The number of likely N-dealkylation sites (N-methyl/N-ethyl adjacent to an activating group) is 1. The molecule has 0 saturated heterocycles. The van der Waals surface area contributed by atoms with Crippen molar-refractivity contribution in [3.05, 3.63) is 68.5 Å². The van der Waals surface area contributed by atoms with E-state index < -0.39 is 35.7 Å². The maximum absolute atomic E-state index is 12.4. The van der Waals surface area contributed by atoms with Crippen LogP contribution in [-0.2, 0) is 11.3 Å². The Bertz CT molecular complexity index is 859. The molecule has 1 heterocycles. The molecule has 1 aromatic carbocycles. The summed E-state index contributed by atoms with van der Waals surface area (Å²) < 4.78 is 0. The first-order valence-electron chi connectivity index (χ1n) is 7.45. The number of benzene rings is 1. The molecule has 2 rings (SSSR count). The highest BCUT2D eigenvalue weighted by Crippen LogP contribution is 2.04. The molecule has 9 nitrogen and oxygen atoms in total. The van der Waals surface area contributed by atoms with E-state index in [2.05, 4.69) is 10.3 Å². The van der Waals surface area contributed by atoms with E-state index in [1.165, 1.54) is 11.9 Å². The summed E-state index contributed by atoms with van der Waals surface area (Å²) in [7, 11) is 1.54. The molecule has 0 radical (unpaired) electrons. The monoisotopic (exact) mass is 346 g/mol. The van der Waals surface area contributed by atoms with Crippen molar-refractivity contribution in [3.63, 3.8) is 0 Å². The molecule has 9 heteroatoms. The van der Waals surface area contributed by atoms with E-state index in [1.807, 2.05) is 35.3 Å². The molecule has 0 saturated carbocycles. The lowest BCUT2D eigenvalue weighted by atomic mass is 10.2. The molecular formula is C16H18N4O5. The summed E-state index contributed by atoms with van der Waals surface area (Å²) in [4.78, 5) is 52.5. The Morgan fingerprint density at radius 3 is 2.52 bits per heavy atom. The summed E-state index contributed by atoms with van der Waals surface area (Å²) in [5.74, 6) is -1.39. The second-order valence-corrected chi connectivity index (χ2v) is 5.37. The predicted molar refractivity (Wildman–Crippen MR) is 88.9 cm³/mol. The fourth-order valence-electron chi connectivity index (χ4n) is 2.20. The molecule has 0 spiro atoms. The van der Waals surface area contributed by atoms with Gasteiger partial charge in [0, 0.05) is 19.8 Å². The molecule has 2 aromatic rings. The predicted octanol–water partition coefficient (Wildman–Crippen LogP) is -1.19. The number of carbonyl (C=O) groups excluding carboxylic acids is 2. The fourth-order valence-corrected chi connectivity index (χ4v) is 2.20. The average molecular weight is 346 g/mol. The second-order valence-electron chi connectivity index (χ2n) is 5.37. The van der Waals surface area contributed by atoms with E-state index in [4.69, 9.17) is 0 Å². The minimum atomic E-state index is -1.22. The zero-order valence-electron chi connectivity index (χ0n) is 13.5. The van der Waals surface area contributed by atoms with Gasteiger partial charge >= 0.3 is 5.69 Å². The first-order chi connectivity index (χ1) is 11.9. The fraction of sp³-hybridized carbons (Fsp3) is 0.250. The number of amides is 2. The quantitative estimate of drug-likeness (QED) is 0.522. The van der Waals surface area contributed by atoms with E-state index in [0.717, 1.165) is 11.8 Å². The zero-order valence-corrected chi connectivity index (χ0v) is 13.5. The van der Waals surface area contributed by atoms with Crippen molar-refractivity contribution in [2.24, 2.45) is 0 Å². The molecule has 0 aliphatic rings. The lowest BCUT2D eigenvalue weighted by molar-refractivity contribution is -0.133. The number of carbonyl (C=O) groups is 2. The van der Waals surface area contributed by atoms with Crippen LogP contribution in [0, 0.1) is 0 Å². The number of H-pyrrole nitrogens is 2. The Hall–Kier alpha value is -3.20. The van der Waals surface area contributed by atoms with Crippen LogP contribution in [0.4, 0.5) is 0 Å². The molecule has 1 atom stereocenters. The number of rotatable bonds is 6. The van der Waals surface area contributed by atoms with Crippen molar-refractivity contribution >= 4 is 11.8 Å². The van der Waals surface area contributed by atoms with Gasteiger partial charge < -0.3 is 20.3 Å². The van der Waals surface area contributed by atoms with Gasteiger partial charge in [-0.15, -0.1) is 0 Å². The molecule has 2 amide bonds. The van der Waals surface area contributed by atoms with E-state index >= 15 is 0 Å². The van der Waals surface area contributed by atoms with Crippen LogP contribution < -0.4 is 16.6 Å². The number of aliphatic hydroxyl groups excluding tert-OH is 1. The minimum absolute atomic E-state index is 0.297. The highest BCUT2D eigenvalue weighted by molar-refractivity contribution is 5.97. The van der Waals surface area contributed by atoms with Gasteiger partial charge in [0.2, 0.25) is 5.91 Å². The molecular weight excluding hydrogens is 328 g/mol. The molecule has 0 bridgehead atoms. The number of aromatic nitrogens is 2. The number of nitrogens with one attached hydrogen (secondary N) is 3. The first-order valence-corrected chi connectivity index (χ1v) is 7.45. The van der Waals surface area contributed by atoms with Crippen LogP contribution in [0.3, 0.4) is 0 Å². The van der Waals surface area contributed by atoms with Crippen molar-refractivity contribution in [1.29, 1.82) is 0 Å². The Morgan fingerprint density at radius 1 is 1.24 bits per heavy atom. The summed E-state index contributed by atoms with van der Waals surface area (Å²) in [6.45, 7) is -0.337. The summed E-state index contributed by atoms with van der Waals surface area (Å²) in [5, 5.41) is 11.7. The maximum atomic E-state index is 12.4. The topological polar surface area (TPSA) is 135 Å². The molecule has 1 aromatic heterocycles. The number of hydrogen-bond donors (Lipinski definition) is 4. The van der Waals surface area contributed by atoms with Crippen LogP contribution in [0.2, 0.25) is 0 Å². The standard InChI is InChI=1S/C16H18N4O5/c1-20(8-10-5-3-2-4-6-10)15(24)12(9-21)18-13(22)11-7-17-16(25)19-14(11)23/h2-7,12,21H,8-9H2,1H3,(H,18,22)(H2,17,19,23,25). The molecule has 132 valence electrons. The number of nitrogens with zero attached hydrogens (tertiary/aromatic N) is 1. The third-order valence-corrected chi connectivity index (χ3v) is 3.49. The van der Waals surface area contributed by atoms with Gasteiger partial charge in [0.05, 0.1) is 6.61 Å². The summed E-state index contributed by atoms with van der Waals surface area (Å²) >= 11 is 0. The summed E-state index contributed by atoms with van der Waals surface area (Å²) in [6.07, 6.45) is 0.948. The van der Waals surface area contributed by atoms with E-state index in [-0.39, 0.29) is 5.56 Å². The Balaban J connectivity index is 2.07. The van der Waals surface area contributed by atoms with Gasteiger partial charge in [-0.25, -0.2) is 4.79 Å². The SMILES string of the molecule is CN(Cc1ccccc1)C(=O)C(CO)NC(=O)c1c[nH]c(=O)[nH]c1=O. The number of hydrogen-bond acceptors (Lipinski definition) is 5. The first kappa shape index (κ1) is 18.1. The lowest BCUT2D eigenvalue weighted by Gasteiger charge is -2.23. The normalized spacial score (nSPS) is 11.6. The Kier molecular flexibility index (Phi) is 5.85. The van der Waals surface area contributed by atoms with Crippen molar-refractivity contribution in [2.45, 2.75) is 12.6 Å².